The van der Waals surface area contributed by atoms with E-state index in [4.69, 9.17) is 0 Å². The Morgan fingerprint density at radius 3 is 2.33 bits per heavy atom. The molecule has 1 aromatic carbocycles. The Balaban J connectivity index is 2.21. The van der Waals surface area contributed by atoms with Gasteiger partial charge in [-0.15, -0.1) is 0 Å². The molecule has 1 rings (SSSR count). The van der Waals surface area contributed by atoms with Gasteiger partial charge in [-0.1, -0.05) is 61.7 Å². The lowest BCUT2D eigenvalue weighted by Gasteiger charge is -2.07. The highest BCUT2D eigenvalue weighted by molar-refractivity contribution is 6.80. The quantitative estimate of drug-likeness (QED) is 0.506. The first-order valence-electron chi connectivity index (χ1n) is 5.79. The second kappa shape index (κ2) is 5.91. The topological polar surface area (TPSA) is 0 Å². The van der Waals surface area contributed by atoms with Gasteiger partial charge in [0.05, 0.1) is 8.07 Å². The van der Waals surface area contributed by atoms with E-state index in [1.165, 1.54) is 24.8 Å². The number of hydrogen-bond acceptors (Lipinski definition) is 0. The number of allylic oxidation sites excluding steroid dienone is 1. The van der Waals surface area contributed by atoms with Crippen LogP contribution in [0.25, 0.3) is 0 Å². The van der Waals surface area contributed by atoms with Gasteiger partial charge in [-0.2, -0.15) is 0 Å². The third-order valence-electron chi connectivity index (χ3n) is 2.30. The van der Waals surface area contributed by atoms with Crippen molar-refractivity contribution in [2.45, 2.75) is 38.9 Å². The van der Waals surface area contributed by atoms with Gasteiger partial charge in [0, 0.05) is 0 Å². The van der Waals surface area contributed by atoms with Gasteiger partial charge in [0.2, 0.25) is 0 Å². The summed E-state index contributed by atoms with van der Waals surface area (Å²) in [6, 6.07) is 10.7. The zero-order chi connectivity index (χ0) is 11.1. The largest absolute Gasteiger partial charge is 0.0989 e. The van der Waals surface area contributed by atoms with Gasteiger partial charge in [0.25, 0.3) is 0 Å². The maximum absolute atomic E-state index is 2.44. The van der Waals surface area contributed by atoms with Crippen LogP contribution in [-0.2, 0) is 6.42 Å². The fraction of sp³-hybridized carbons (Fsp3) is 0.429. The number of unbranched alkanes of at least 4 members (excludes halogenated alkanes) is 1. The summed E-state index contributed by atoms with van der Waals surface area (Å²) in [7, 11) is -0.967. The summed E-state index contributed by atoms with van der Waals surface area (Å²) in [4.78, 5) is 0. The second-order valence-electron chi connectivity index (χ2n) is 5.15. The molecule has 0 aliphatic rings. The highest BCUT2D eigenvalue weighted by Gasteiger charge is 2.05. The Morgan fingerprint density at radius 1 is 1.07 bits per heavy atom. The van der Waals surface area contributed by atoms with Crippen LogP contribution >= 0.6 is 0 Å². The van der Waals surface area contributed by atoms with Crippen LogP contribution in [0.15, 0.2) is 42.1 Å². The highest BCUT2D eigenvalue weighted by Crippen LogP contribution is 2.07. The maximum atomic E-state index is 2.44. The average Bonchev–Trinajstić information content (AvgIpc) is 2.17. The van der Waals surface area contributed by atoms with Gasteiger partial charge >= 0.3 is 0 Å². The lowest BCUT2D eigenvalue weighted by Crippen LogP contribution is -2.15. The van der Waals surface area contributed by atoms with Crippen LogP contribution in [0.5, 0.6) is 0 Å². The van der Waals surface area contributed by atoms with Gasteiger partial charge in [-0.3, -0.25) is 0 Å². The Kier molecular flexibility index (Phi) is 4.83. The fourth-order valence-electron chi connectivity index (χ4n) is 1.51. The van der Waals surface area contributed by atoms with Gasteiger partial charge < -0.3 is 0 Å². The zero-order valence-corrected chi connectivity index (χ0v) is 11.2. The smallest absolute Gasteiger partial charge is 0.0682 e. The summed E-state index contributed by atoms with van der Waals surface area (Å²) >= 11 is 0. The van der Waals surface area contributed by atoms with E-state index in [2.05, 4.69) is 61.7 Å². The van der Waals surface area contributed by atoms with Gasteiger partial charge in [0.1, 0.15) is 0 Å². The Labute approximate surface area is 95.0 Å². The van der Waals surface area contributed by atoms with Crippen LogP contribution in [0.2, 0.25) is 19.6 Å². The molecule has 0 heterocycles. The summed E-state index contributed by atoms with van der Waals surface area (Å²) < 4.78 is 0. The third-order valence-corrected chi connectivity index (χ3v) is 3.53. The van der Waals surface area contributed by atoms with E-state index >= 15 is 0 Å². The molecule has 82 valence electrons. The van der Waals surface area contributed by atoms with Crippen molar-refractivity contribution in [3.63, 3.8) is 0 Å². The molecule has 0 saturated heterocycles. The first-order valence-corrected chi connectivity index (χ1v) is 9.37. The van der Waals surface area contributed by atoms with Crippen LogP contribution in [0.1, 0.15) is 18.4 Å². The average molecular weight is 218 g/mol. The molecule has 0 N–H and O–H groups in total. The molecule has 0 radical (unpaired) electrons. The van der Waals surface area contributed by atoms with Crippen molar-refractivity contribution in [2.75, 3.05) is 0 Å². The summed E-state index contributed by atoms with van der Waals surface area (Å²) in [6.45, 7) is 7.13. The van der Waals surface area contributed by atoms with E-state index in [1.54, 1.807) is 0 Å². The molecule has 0 aromatic heterocycles. The molecule has 0 aliphatic carbocycles. The predicted molar refractivity (Wildman–Crippen MR) is 71.9 cm³/mol. The van der Waals surface area contributed by atoms with Crippen LogP contribution in [0.3, 0.4) is 0 Å². The molecule has 0 nitrogen and oxygen atoms in total. The number of aryl methyl sites for hydroxylation is 1. The van der Waals surface area contributed by atoms with Crippen molar-refractivity contribution in [3.05, 3.63) is 47.7 Å². The first-order chi connectivity index (χ1) is 7.08. The van der Waals surface area contributed by atoms with Crippen molar-refractivity contribution in [1.29, 1.82) is 0 Å². The van der Waals surface area contributed by atoms with Gasteiger partial charge in [-0.25, -0.2) is 0 Å². The van der Waals surface area contributed by atoms with E-state index in [-0.39, 0.29) is 0 Å². The lowest BCUT2D eigenvalue weighted by molar-refractivity contribution is 0.843. The van der Waals surface area contributed by atoms with Gasteiger partial charge in [-0.05, 0) is 24.8 Å². The normalized spacial score (nSPS) is 12.2. The van der Waals surface area contributed by atoms with Crippen LogP contribution in [0.4, 0.5) is 0 Å². The van der Waals surface area contributed by atoms with Crippen LogP contribution < -0.4 is 0 Å². The van der Waals surface area contributed by atoms with Crippen molar-refractivity contribution < 1.29 is 0 Å². The highest BCUT2D eigenvalue weighted by atomic mass is 28.3. The van der Waals surface area contributed by atoms with E-state index < -0.39 is 8.07 Å². The number of benzene rings is 1. The minimum Gasteiger partial charge on any atom is -0.0989 e. The molecule has 0 amide bonds. The minimum absolute atomic E-state index is 0.967. The van der Waals surface area contributed by atoms with Crippen molar-refractivity contribution >= 4 is 8.07 Å². The molecule has 1 aromatic rings. The number of rotatable bonds is 5. The Bertz CT molecular complexity index is 293. The summed E-state index contributed by atoms with van der Waals surface area (Å²) in [6.07, 6.45) is 6.07. The summed E-state index contributed by atoms with van der Waals surface area (Å²) in [5.74, 6) is 0. The van der Waals surface area contributed by atoms with Crippen molar-refractivity contribution in [2.24, 2.45) is 0 Å². The standard InChI is InChI=1S/C14H22Si/c1-15(2,3)13-9-5-8-12-14-10-6-4-7-11-14/h4,6-7,9-11,13H,5,8,12H2,1-3H3. The Morgan fingerprint density at radius 2 is 1.73 bits per heavy atom. The summed E-state index contributed by atoms with van der Waals surface area (Å²) in [5, 5.41) is 0. The molecular formula is C14H22Si. The molecule has 0 unspecified atom stereocenters. The van der Waals surface area contributed by atoms with Crippen molar-refractivity contribution in [3.8, 4) is 0 Å². The molecule has 0 bridgehead atoms. The van der Waals surface area contributed by atoms with Crippen molar-refractivity contribution in [1.82, 2.24) is 0 Å². The maximum Gasteiger partial charge on any atom is 0.0682 e. The number of hydrogen-bond donors (Lipinski definition) is 0. The monoisotopic (exact) mass is 218 g/mol. The molecule has 0 atom stereocenters. The Hall–Kier alpha value is -0.823. The SMILES string of the molecule is C[Si](C)(C)C=CCCCc1ccccc1. The third kappa shape index (κ3) is 6.29. The lowest BCUT2D eigenvalue weighted by atomic mass is 10.1. The predicted octanol–water partition coefficient (Wildman–Crippen LogP) is 4.44. The fourth-order valence-corrected chi connectivity index (χ4v) is 2.38. The zero-order valence-electron chi connectivity index (χ0n) is 10.2. The van der Waals surface area contributed by atoms with E-state index in [0.717, 1.165) is 0 Å². The molecule has 0 saturated carbocycles. The molecular weight excluding hydrogens is 196 g/mol. The van der Waals surface area contributed by atoms with E-state index in [1.807, 2.05) is 0 Å². The summed E-state index contributed by atoms with van der Waals surface area (Å²) in [5.41, 5.74) is 3.90. The minimum atomic E-state index is -0.967. The molecule has 0 aliphatic heterocycles. The van der Waals surface area contributed by atoms with Crippen LogP contribution in [-0.4, -0.2) is 8.07 Å². The second-order valence-corrected chi connectivity index (χ2v) is 10.2. The van der Waals surface area contributed by atoms with Crippen LogP contribution in [0, 0.1) is 0 Å². The molecule has 0 spiro atoms. The molecule has 1 heteroatoms. The van der Waals surface area contributed by atoms with E-state index in [0.29, 0.717) is 0 Å². The molecule has 15 heavy (non-hydrogen) atoms. The van der Waals surface area contributed by atoms with E-state index in [9.17, 15) is 0 Å². The van der Waals surface area contributed by atoms with Gasteiger partial charge in [0.15, 0.2) is 0 Å². The molecule has 0 fully saturated rings. The first kappa shape index (κ1) is 12.2.